The second kappa shape index (κ2) is 7.10. The van der Waals surface area contributed by atoms with Gasteiger partial charge in [-0.2, -0.15) is 0 Å². The van der Waals surface area contributed by atoms with Gasteiger partial charge in [-0.05, 0) is 74.5 Å². The summed E-state index contributed by atoms with van der Waals surface area (Å²) in [5, 5.41) is 2.41. The van der Waals surface area contributed by atoms with Crippen molar-refractivity contribution in [1.82, 2.24) is 0 Å². The van der Waals surface area contributed by atoms with Crippen LogP contribution in [0.5, 0.6) is 11.5 Å². The third-order valence-corrected chi connectivity index (χ3v) is 6.71. The molecule has 0 N–H and O–H groups in total. The first-order valence-corrected chi connectivity index (χ1v) is 11.1. The number of hydrogen-bond acceptors (Lipinski definition) is 1. The van der Waals surface area contributed by atoms with Crippen LogP contribution >= 0.6 is 0 Å². The molecule has 0 amide bonds. The molecule has 0 fully saturated rings. The average Bonchev–Trinajstić information content (AvgIpc) is 3.06. The maximum atomic E-state index is 6.30. The minimum atomic E-state index is -0.0851. The smallest absolute Gasteiger partial charge is 0.128 e. The molecule has 6 rings (SSSR count). The summed E-state index contributed by atoms with van der Waals surface area (Å²) in [5.74, 6) is 1.74. The minimum absolute atomic E-state index is 0.0851. The van der Waals surface area contributed by atoms with Crippen molar-refractivity contribution in [2.24, 2.45) is 0 Å². The fourth-order valence-electron chi connectivity index (χ4n) is 4.96. The third-order valence-electron chi connectivity index (χ3n) is 6.71. The molecule has 1 heteroatoms. The van der Waals surface area contributed by atoms with Gasteiger partial charge in [0.1, 0.15) is 11.5 Å². The highest BCUT2D eigenvalue weighted by molar-refractivity contribution is 5.85. The number of benzene rings is 5. The standard InChI is InChI=1S/C31H24O/c1-31(2)29-19-24(21-8-4-3-5-9-21)13-16-27(29)28-17-15-26(20-30(28)31)32-25-14-12-22-10-6-7-11-23(22)18-25/h3-20H,1-2H3. The Morgan fingerprint density at radius 1 is 0.500 bits per heavy atom. The normalized spacial score (nSPS) is 13.6. The molecule has 0 unspecified atom stereocenters. The Bertz CT molecular complexity index is 1460. The summed E-state index contributed by atoms with van der Waals surface area (Å²) in [4.78, 5) is 0. The molecule has 0 bridgehead atoms. The lowest BCUT2D eigenvalue weighted by atomic mass is 9.81. The van der Waals surface area contributed by atoms with Crippen LogP contribution in [0.3, 0.4) is 0 Å². The van der Waals surface area contributed by atoms with Crippen LogP contribution < -0.4 is 4.74 Å². The van der Waals surface area contributed by atoms with Crippen molar-refractivity contribution in [2.75, 3.05) is 0 Å². The van der Waals surface area contributed by atoms with Gasteiger partial charge in [0.05, 0.1) is 0 Å². The average molecular weight is 413 g/mol. The van der Waals surface area contributed by atoms with Crippen LogP contribution in [-0.4, -0.2) is 0 Å². The van der Waals surface area contributed by atoms with E-state index in [9.17, 15) is 0 Å². The van der Waals surface area contributed by atoms with Gasteiger partial charge in [0.25, 0.3) is 0 Å². The largest absolute Gasteiger partial charge is 0.457 e. The van der Waals surface area contributed by atoms with E-state index in [4.69, 9.17) is 4.74 Å². The number of fused-ring (bicyclic) bond motifs is 4. The van der Waals surface area contributed by atoms with E-state index < -0.39 is 0 Å². The highest BCUT2D eigenvalue weighted by Crippen LogP contribution is 2.50. The van der Waals surface area contributed by atoms with E-state index in [1.165, 1.54) is 44.2 Å². The van der Waals surface area contributed by atoms with Crippen LogP contribution in [0.2, 0.25) is 0 Å². The zero-order valence-electron chi connectivity index (χ0n) is 18.3. The van der Waals surface area contributed by atoms with Gasteiger partial charge in [0.15, 0.2) is 0 Å². The topological polar surface area (TPSA) is 9.23 Å². The Hall–Kier alpha value is -3.84. The van der Waals surface area contributed by atoms with Crippen LogP contribution in [0, 0.1) is 0 Å². The summed E-state index contributed by atoms with van der Waals surface area (Å²) in [5.41, 5.74) is 7.74. The van der Waals surface area contributed by atoms with Gasteiger partial charge in [-0.15, -0.1) is 0 Å². The van der Waals surface area contributed by atoms with Crippen molar-refractivity contribution in [3.8, 4) is 33.8 Å². The molecule has 0 aliphatic heterocycles. The zero-order chi connectivity index (χ0) is 21.7. The number of rotatable bonds is 3. The van der Waals surface area contributed by atoms with Crippen molar-refractivity contribution >= 4 is 10.8 Å². The first-order chi connectivity index (χ1) is 15.6. The summed E-state index contributed by atoms with van der Waals surface area (Å²) >= 11 is 0. The SMILES string of the molecule is CC1(C)c2cc(Oc3ccc4ccccc4c3)ccc2-c2ccc(-c3ccccc3)cc21. The van der Waals surface area contributed by atoms with Crippen molar-refractivity contribution < 1.29 is 4.74 Å². The maximum absolute atomic E-state index is 6.30. The summed E-state index contributed by atoms with van der Waals surface area (Å²) in [6, 6.07) is 38.6. The maximum Gasteiger partial charge on any atom is 0.128 e. The molecule has 0 saturated heterocycles. The predicted molar refractivity (Wildman–Crippen MR) is 133 cm³/mol. The Labute approximate surface area is 188 Å². The van der Waals surface area contributed by atoms with E-state index in [1.54, 1.807) is 0 Å². The van der Waals surface area contributed by atoms with Crippen LogP contribution in [0.1, 0.15) is 25.0 Å². The van der Waals surface area contributed by atoms with Gasteiger partial charge < -0.3 is 4.74 Å². The molecule has 32 heavy (non-hydrogen) atoms. The van der Waals surface area contributed by atoms with Gasteiger partial charge in [-0.25, -0.2) is 0 Å². The zero-order valence-corrected chi connectivity index (χ0v) is 18.3. The van der Waals surface area contributed by atoms with Crippen molar-refractivity contribution in [3.05, 3.63) is 120 Å². The lowest BCUT2D eigenvalue weighted by Crippen LogP contribution is -2.15. The van der Waals surface area contributed by atoms with Gasteiger partial charge >= 0.3 is 0 Å². The molecule has 0 spiro atoms. The van der Waals surface area contributed by atoms with Gasteiger partial charge in [-0.3, -0.25) is 0 Å². The van der Waals surface area contributed by atoms with Gasteiger partial charge in [0, 0.05) is 5.41 Å². The Balaban J connectivity index is 1.38. The van der Waals surface area contributed by atoms with Crippen molar-refractivity contribution in [3.63, 3.8) is 0 Å². The number of ether oxygens (including phenoxy) is 1. The molecule has 1 aliphatic carbocycles. The first-order valence-electron chi connectivity index (χ1n) is 11.1. The second-order valence-electron chi connectivity index (χ2n) is 9.07. The monoisotopic (exact) mass is 412 g/mol. The lowest BCUT2D eigenvalue weighted by molar-refractivity contribution is 0.481. The third kappa shape index (κ3) is 3.01. The highest BCUT2D eigenvalue weighted by Gasteiger charge is 2.36. The molecule has 154 valence electrons. The Morgan fingerprint density at radius 3 is 1.94 bits per heavy atom. The quantitative estimate of drug-likeness (QED) is 0.288. The fraction of sp³-hybridized carbons (Fsp3) is 0.0968. The summed E-state index contributed by atoms with van der Waals surface area (Å²) in [7, 11) is 0. The molecule has 5 aromatic carbocycles. The van der Waals surface area contributed by atoms with Crippen LogP contribution in [0.25, 0.3) is 33.0 Å². The van der Waals surface area contributed by atoms with Crippen LogP contribution in [-0.2, 0) is 5.41 Å². The second-order valence-corrected chi connectivity index (χ2v) is 9.07. The molecular formula is C31H24O. The van der Waals surface area contributed by atoms with E-state index in [1.807, 2.05) is 6.07 Å². The molecule has 0 aromatic heterocycles. The molecule has 0 heterocycles. The number of hydrogen-bond donors (Lipinski definition) is 0. The van der Waals surface area contributed by atoms with Crippen LogP contribution in [0.4, 0.5) is 0 Å². The molecule has 0 atom stereocenters. The van der Waals surface area contributed by atoms with E-state index in [-0.39, 0.29) is 5.41 Å². The predicted octanol–water partition coefficient (Wildman–Crippen LogP) is 8.61. The van der Waals surface area contributed by atoms with Crippen LogP contribution in [0.15, 0.2) is 109 Å². The summed E-state index contributed by atoms with van der Waals surface area (Å²) < 4.78 is 6.30. The molecule has 5 aromatic rings. The fourth-order valence-corrected chi connectivity index (χ4v) is 4.96. The summed E-state index contributed by atoms with van der Waals surface area (Å²) in [6.07, 6.45) is 0. The Morgan fingerprint density at radius 2 is 1.12 bits per heavy atom. The molecule has 1 nitrogen and oxygen atoms in total. The van der Waals surface area contributed by atoms with Crippen molar-refractivity contribution in [1.29, 1.82) is 0 Å². The minimum Gasteiger partial charge on any atom is -0.457 e. The summed E-state index contributed by atoms with van der Waals surface area (Å²) in [6.45, 7) is 4.62. The molecular weight excluding hydrogens is 388 g/mol. The van der Waals surface area contributed by atoms with E-state index in [0.717, 1.165) is 11.5 Å². The molecule has 0 saturated carbocycles. The van der Waals surface area contributed by atoms with E-state index in [2.05, 4.69) is 117 Å². The lowest BCUT2D eigenvalue weighted by Gasteiger charge is -2.22. The van der Waals surface area contributed by atoms with Gasteiger partial charge in [0.2, 0.25) is 0 Å². The first kappa shape index (κ1) is 18.9. The van der Waals surface area contributed by atoms with Crippen molar-refractivity contribution in [2.45, 2.75) is 19.3 Å². The van der Waals surface area contributed by atoms with E-state index in [0.29, 0.717) is 0 Å². The highest BCUT2D eigenvalue weighted by atomic mass is 16.5. The van der Waals surface area contributed by atoms with Gasteiger partial charge in [-0.1, -0.05) is 92.7 Å². The van der Waals surface area contributed by atoms with E-state index >= 15 is 0 Å². The Kier molecular flexibility index (Phi) is 4.19. The molecule has 0 radical (unpaired) electrons. The molecule has 1 aliphatic rings.